The third-order valence-corrected chi connectivity index (χ3v) is 5.60. The molecule has 0 N–H and O–H groups in total. The third-order valence-electron chi connectivity index (χ3n) is 5.60. The Balaban J connectivity index is 2.06. The Bertz CT molecular complexity index is 743. The van der Waals surface area contributed by atoms with Crippen LogP contribution in [0.1, 0.15) is 46.6 Å². The van der Waals surface area contributed by atoms with Crippen LogP contribution in [-0.4, -0.2) is 32.5 Å². The SMILES string of the molecule is CN1C(C)(C)CC(n2ccc3ccc([N+](=O)[O-])cc32)CC1(C)C. The van der Waals surface area contributed by atoms with Crippen LogP contribution in [0.15, 0.2) is 30.5 Å². The van der Waals surface area contributed by atoms with Crippen molar-refractivity contribution in [2.45, 2.75) is 57.7 Å². The molecule has 5 heteroatoms. The van der Waals surface area contributed by atoms with Gasteiger partial charge in [0.1, 0.15) is 0 Å². The first-order valence-corrected chi connectivity index (χ1v) is 8.11. The Kier molecular flexibility index (Phi) is 3.52. The quantitative estimate of drug-likeness (QED) is 0.610. The molecule has 1 fully saturated rings. The number of aromatic nitrogens is 1. The molecule has 1 aliphatic rings. The molecule has 1 aromatic heterocycles. The van der Waals surface area contributed by atoms with Gasteiger partial charge in [0.25, 0.3) is 5.69 Å². The molecule has 3 rings (SSSR count). The minimum Gasteiger partial charge on any atom is -0.344 e. The predicted octanol–water partition coefficient (Wildman–Crippen LogP) is 4.37. The lowest BCUT2D eigenvalue weighted by Crippen LogP contribution is -2.58. The Morgan fingerprint density at radius 2 is 1.74 bits per heavy atom. The number of nitrogens with zero attached hydrogens (tertiary/aromatic N) is 3. The fourth-order valence-corrected chi connectivity index (χ4v) is 4.08. The van der Waals surface area contributed by atoms with Gasteiger partial charge in [-0.25, -0.2) is 0 Å². The van der Waals surface area contributed by atoms with E-state index in [9.17, 15) is 10.1 Å². The van der Waals surface area contributed by atoms with Crippen LogP contribution >= 0.6 is 0 Å². The first kappa shape index (κ1) is 16.0. The maximum Gasteiger partial charge on any atom is 0.271 e. The lowest BCUT2D eigenvalue weighted by molar-refractivity contribution is -0.384. The molecular weight excluding hydrogens is 290 g/mol. The number of nitro groups is 1. The number of hydrogen-bond donors (Lipinski definition) is 0. The smallest absolute Gasteiger partial charge is 0.271 e. The van der Waals surface area contributed by atoms with Crippen molar-refractivity contribution in [2.75, 3.05) is 7.05 Å². The van der Waals surface area contributed by atoms with Crippen molar-refractivity contribution >= 4 is 16.6 Å². The Labute approximate surface area is 137 Å². The topological polar surface area (TPSA) is 51.3 Å². The molecule has 0 spiro atoms. The molecule has 1 aromatic carbocycles. The molecule has 0 radical (unpaired) electrons. The minimum atomic E-state index is -0.320. The Morgan fingerprint density at radius 3 is 2.30 bits per heavy atom. The molecule has 124 valence electrons. The van der Waals surface area contributed by atoms with Gasteiger partial charge in [-0.05, 0) is 59.7 Å². The van der Waals surface area contributed by atoms with E-state index in [0.717, 1.165) is 23.7 Å². The molecule has 0 amide bonds. The summed E-state index contributed by atoms with van der Waals surface area (Å²) in [5, 5.41) is 12.2. The van der Waals surface area contributed by atoms with Gasteiger partial charge in [-0.2, -0.15) is 0 Å². The zero-order chi connectivity index (χ0) is 17.0. The predicted molar refractivity (Wildman–Crippen MR) is 92.8 cm³/mol. The second-order valence-electron chi connectivity index (χ2n) is 7.97. The highest BCUT2D eigenvalue weighted by Gasteiger charge is 2.43. The van der Waals surface area contributed by atoms with Gasteiger partial charge in [0, 0.05) is 40.8 Å². The summed E-state index contributed by atoms with van der Waals surface area (Å²) in [6.45, 7) is 9.09. The number of benzene rings is 1. The molecule has 23 heavy (non-hydrogen) atoms. The van der Waals surface area contributed by atoms with Crippen LogP contribution in [0.4, 0.5) is 5.69 Å². The summed E-state index contributed by atoms with van der Waals surface area (Å²) in [7, 11) is 2.19. The average Bonchev–Trinajstić information content (AvgIpc) is 2.86. The van der Waals surface area contributed by atoms with E-state index < -0.39 is 0 Å². The summed E-state index contributed by atoms with van der Waals surface area (Å²) < 4.78 is 2.23. The zero-order valence-electron chi connectivity index (χ0n) is 14.5. The van der Waals surface area contributed by atoms with Gasteiger partial charge in [-0.1, -0.05) is 0 Å². The van der Waals surface area contributed by atoms with Gasteiger partial charge in [-0.3, -0.25) is 15.0 Å². The van der Waals surface area contributed by atoms with Crippen LogP contribution in [0.5, 0.6) is 0 Å². The number of nitro benzene ring substituents is 1. The van der Waals surface area contributed by atoms with E-state index in [1.807, 2.05) is 6.07 Å². The van der Waals surface area contributed by atoms with E-state index in [1.165, 1.54) is 0 Å². The highest BCUT2D eigenvalue weighted by atomic mass is 16.6. The first-order chi connectivity index (χ1) is 10.6. The van der Waals surface area contributed by atoms with Crippen molar-refractivity contribution in [3.63, 3.8) is 0 Å². The lowest BCUT2D eigenvalue weighted by Gasteiger charge is -2.54. The fraction of sp³-hybridized carbons (Fsp3) is 0.556. The molecule has 0 bridgehead atoms. The number of likely N-dealkylation sites (tertiary alicyclic amines) is 1. The van der Waals surface area contributed by atoms with Gasteiger partial charge in [-0.15, -0.1) is 0 Å². The summed E-state index contributed by atoms with van der Waals surface area (Å²) in [5.74, 6) is 0. The van der Waals surface area contributed by atoms with Crippen molar-refractivity contribution in [1.29, 1.82) is 0 Å². The molecule has 1 aliphatic heterocycles. The highest BCUT2D eigenvalue weighted by molar-refractivity contribution is 5.82. The maximum atomic E-state index is 11.1. The standard InChI is InChI=1S/C18H25N3O2/c1-17(2)11-15(12-18(3,4)19(17)5)20-9-8-13-6-7-14(21(22)23)10-16(13)20/h6-10,15H,11-12H2,1-5H3. The average molecular weight is 315 g/mol. The van der Waals surface area contributed by atoms with Crippen LogP contribution < -0.4 is 0 Å². The second kappa shape index (κ2) is 5.06. The number of non-ortho nitro benzene ring substituents is 1. The van der Waals surface area contributed by atoms with Gasteiger partial charge in [0.15, 0.2) is 0 Å². The van der Waals surface area contributed by atoms with E-state index in [0.29, 0.717) is 6.04 Å². The number of hydrogen-bond acceptors (Lipinski definition) is 3. The third kappa shape index (κ3) is 2.63. The summed E-state index contributed by atoms with van der Waals surface area (Å²) in [4.78, 5) is 13.2. The van der Waals surface area contributed by atoms with Gasteiger partial charge in [0.2, 0.25) is 0 Å². The Morgan fingerprint density at radius 1 is 1.13 bits per heavy atom. The molecule has 2 aromatic rings. The van der Waals surface area contributed by atoms with Crippen molar-refractivity contribution in [1.82, 2.24) is 9.47 Å². The monoisotopic (exact) mass is 315 g/mol. The second-order valence-corrected chi connectivity index (χ2v) is 7.97. The molecule has 1 saturated heterocycles. The van der Waals surface area contributed by atoms with E-state index in [4.69, 9.17) is 0 Å². The largest absolute Gasteiger partial charge is 0.344 e. The zero-order valence-corrected chi connectivity index (χ0v) is 14.5. The van der Waals surface area contributed by atoms with Gasteiger partial charge < -0.3 is 4.57 Å². The van der Waals surface area contributed by atoms with Crippen LogP contribution in [0.25, 0.3) is 10.9 Å². The summed E-state index contributed by atoms with van der Waals surface area (Å²) >= 11 is 0. The molecule has 0 atom stereocenters. The molecular formula is C18H25N3O2. The van der Waals surface area contributed by atoms with Crippen molar-refractivity contribution in [3.05, 3.63) is 40.6 Å². The number of piperidine rings is 1. The van der Waals surface area contributed by atoms with Gasteiger partial charge >= 0.3 is 0 Å². The van der Waals surface area contributed by atoms with E-state index in [-0.39, 0.29) is 21.7 Å². The van der Waals surface area contributed by atoms with E-state index in [1.54, 1.807) is 12.1 Å². The van der Waals surface area contributed by atoms with Crippen LogP contribution in [0, 0.1) is 10.1 Å². The molecule has 5 nitrogen and oxygen atoms in total. The summed E-state index contributed by atoms with van der Waals surface area (Å²) in [5.41, 5.74) is 1.29. The van der Waals surface area contributed by atoms with Gasteiger partial charge in [0.05, 0.1) is 10.4 Å². The number of rotatable bonds is 2. The molecule has 0 unspecified atom stereocenters. The van der Waals surface area contributed by atoms with Crippen LogP contribution in [0.2, 0.25) is 0 Å². The van der Waals surface area contributed by atoms with Crippen molar-refractivity contribution < 1.29 is 4.92 Å². The fourth-order valence-electron chi connectivity index (χ4n) is 4.08. The van der Waals surface area contributed by atoms with Crippen molar-refractivity contribution in [2.24, 2.45) is 0 Å². The molecule has 2 heterocycles. The van der Waals surface area contributed by atoms with Crippen molar-refractivity contribution in [3.8, 4) is 0 Å². The highest BCUT2D eigenvalue weighted by Crippen LogP contribution is 2.43. The first-order valence-electron chi connectivity index (χ1n) is 8.11. The summed E-state index contributed by atoms with van der Waals surface area (Å²) in [6.07, 6.45) is 4.13. The lowest BCUT2D eigenvalue weighted by atomic mass is 9.77. The van der Waals surface area contributed by atoms with Crippen LogP contribution in [-0.2, 0) is 0 Å². The van der Waals surface area contributed by atoms with E-state index in [2.05, 4.69) is 56.5 Å². The molecule has 0 aliphatic carbocycles. The number of fused-ring (bicyclic) bond motifs is 1. The Hall–Kier alpha value is -1.88. The van der Waals surface area contributed by atoms with E-state index >= 15 is 0 Å². The van der Waals surface area contributed by atoms with Crippen LogP contribution in [0.3, 0.4) is 0 Å². The minimum absolute atomic E-state index is 0.0870. The molecule has 0 saturated carbocycles. The summed E-state index contributed by atoms with van der Waals surface area (Å²) in [6, 6.07) is 7.52. The maximum absolute atomic E-state index is 11.1. The normalized spacial score (nSPS) is 21.6.